The van der Waals surface area contributed by atoms with E-state index in [0.717, 1.165) is 30.2 Å². The summed E-state index contributed by atoms with van der Waals surface area (Å²) in [6.07, 6.45) is 6.14. The Balaban J connectivity index is 1.97. The number of sulfonamides is 1. The minimum absolute atomic E-state index is 0.195. The summed E-state index contributed by atoms with van der Waals surface area (Å²) >= 11 is 7.42. The summed E-state index contributed by atoms with van der Waals surface area (Å²) in [5, 5.41) is 9.88. The first-order chi connectivity index (χ1) is 12.9. The molecule has 27 heavy (non-hydrogen) atoms. The van der Waals surface area contributed by atoms with Gasteiger partial charge in [0.15, 0.2) is 11.0 Å². The van der Waals surface area contributed by atoms with Gasteiger partial charge in [-0.15, -0.1) is 16.8 Å². The summed E-state index contributed by atoms with van der Waals surface area (Å²) in [6, 6.07) is 6.19. The Morgan fingerprint density at radius 2 is 1.93 bits per heavy atom. The topological polar surface area (TPSA) is 76.9 Å². The van der Waals surface area contributed by atoms with Crippen molar-refractivity contribution >= 4 is 33.4 Å². The molecular weight excluding hydrogens is 404 g/mol. The van der Waals surface area contributed by atoms with Crippen LogP contribution in [0.4, 0.5) is 0 Å². The molecule has 2 aromatic rings. The summed E-state index contributed by atoms with van der Waals surface area (Å²) in [7, 11) is -1.84. The van der Waals surface area contributed by atoms with Crippen LogP contribution in [-0.4, -0.2) is 28.9 Å². The van der Waals surface area contributed by atoms with Gasteiger partial charge in [-0.3, -0.25) is 0 Å². The van der Waals surface area contributed by atoms with Crippen LogP contribution in [0, 0.1) is 0 Å². The van der Waals surface area contributed by atoms with E-state index in [1.54, 1.807) is 18.2 Å². The van der Waals surface area contributed by atoms with Gasteiger partial charge in [0.1, 0.15) is 0 Å². The molecule has 1 N–H and O–H groups in total. The number of nitrogens with zero attached hydrogens (tertiary/aromatic N) is 3. The number of rotatable bonds is 7. The third kappa shape index (κ3) is 4.39. The number of benzene rings is 1. The van der Waals surface area contributed by atoms with Gasteiger partial charge in [-0.05, 0) is 37.1 Å². The van der Waals surface area contributed by atoms with E-state index in [0.29, 0.717) is 23.7 Å². The number of nitrogens with one attached hydrogen (secondary N) is 1. The van der Waals surface area contributed by atoms with E-state index in [4.69, 9.17) is 11.6 Å². The van der Waals surface area contributed by atoms with E-state index in [-0.39, 0.29) is 4.90 Å². The van der Waals surface area contributed by atoms with Gasteiger partial charge in [-0.2, -0.15) is 4.72 Å². The fourth-order valence-electron chi connectivity index (χ4n) is 3.45. The van der Waals surface area contributed by atoms with Gasteiger partial charge < -0.3 is 4.57 Å². The number of hydrogen-bond donors (Lipinski definition) is 1. The maximum Gasteiger partial charge on any atom is 0.241 e. The average molecular weight is 427 g/mol. The molecule has 0 radical (unpaired) electrons. The van der Waals surface area contributed by atoms with Crippen LogP contribution in [0.1, 0.15) is 37.9 Å². The predicted octanol–water partition coefficient (Wildman–Crippen LogP) is 3.88. The molecule has 0 amide bonds. The molecule has 3 rings (SSSR count). The van der Waals surface area contributed by atoms with Gasteiger partial charge in [0.2, 0.25) is 10.0 Å². The Bertz CT molecular complexity index is 904. The lowest BCUT2D eigenvalue weighted by Gasteiger charge is -2.36. The van der Waals surface area contributed by atoms with Gasteiger partial charge in [-0.25, -0.2) is 8.42 Å². The molecule has 1 aromatic heterocycles. The van der Waals surface area contributed by atoms with Crippen LogP contribution in [0.25, 0.3) is 0 Å². The van der Waals surface area contributed by atoms with Crippen LogP contribution in [0.15, 0.2) is 47.0 Å². The van der Waals surface area contributed by atoms with Crippen LogP contribution < -0.4 is 4.72 Å². The van der Waals surface area contributed by atoms with Gasteiger partial charge in [0, 0.05) is 17.8 Å². The number of hydrogen-bond acceptors (Lipinski definition) is 5. The largest absolute Gasteiger partial charge is 0.308 e. The molecular formula is C18H23ClN4O2S2. The second-order valence-corrected chi connectivity index (χ2v) is 9.77. The molecule has 0 saturated heterocycles. The maximum absolute atomic E-state index is 13.1. The van der Waals surface area contributed by atoms with E-state index < -0.39 is 15.6 Å². The fraction of sp³-hybridized carbons (Fsp3) is 0.444. The maximum atomic E-state index is 13.1. The Labute approximate surface area is 169 Å². The SMILES string of the molecule is C=CCSc1nnc(C2(NS(=O)(=O)c3ccc(Cl)cc3)CCCCC2)n1C. The van der Waals surface area contributed by atoms with Gasteiger partial charge in [-0.1, -0.05) is 48.7 Å². The van der Waals surface area contributed by atoms with Crippen molar-refractivity contribution in [3.8, 4) is 0 Å². The Morgan fingerprint density at radius 1 is 1.26 bits per heavy atom. The highest BCUT2D eigenvalue weighted by Crippen LogP contribution is 2.38. The highest BCUT2D eigenvalue weighted by Gasteiger charge is 2.42. The molecule has 1 aromatic carbocycles. The minimum Gasteiger partial charge on any atom is -0.308 e. The van der Waals surface area contributed by atoms with Crippen molar-refractivity contribution in [2.24, 2.45) is 7.05 Å². The minimum atomic E-state index is -3.72. The molecule has 0 aliphatic heterocycles. The Kier molecular flexibility index (Phi) is 6.30. The van der Waals surface area contributed by atoms with Crippen LogP contribution in [0.5, 0.6) is 0 Å². The van der Waals surface area contributed by atoms with E-state index in [1.807, 2.05) is 11.6 Å². The van der Waals surface area contributed by atoms with Gasteiger partial charge >= 0.3 is 0 Å². The standard InChI is InChI=1S/C18H23ClN4O2S2/c1-3-13-26-17-21-20-16(23(17)2)18(11-5-4-6-12-18)22-27(24,25)15-9-7-14(19)8-10-15/h3,7-10,22H,1,4-6,11-13H2,2H3. The lowest BCUT2D eigenvalue weighted by Crippen LogP contribution is -2.48. The van der Waals surface area contributed by atoms with E-state index in [1.165, 1.54) is 23.9 Å². The second-order valence-electron chi connectivity index (χ2n) is 6.67. The molecule has 0 unspecified atom stereocenters. The summed E-state index contributed by atoms with van der Waals surface area (Å²) in [5.74, 6) is 1.38. The molecule has 1 heterocycles. The van der Waals surface area contributed by atoms with E-state index in [2.05, 4.69) is 21.5 Å². The first kappa shape index (κ1) is 20.4. The molecule has 1 fully saturated rings. The highest BCUT2D eigenvalue weighted by atomic mass is 35.5. The summed E-state index contributed by atoms with van der Waals surface area (Å²) < 4.78 is 30.9. The normalized spacial score (nSPS) is 17.0. The average Bonchev–Trinajstić information content (AvgIpc) is 3.02. The van der Waals surface area contributed by atoms with Crippen molar-refractivity contribution in [1.29, 1.82) is 0 Å². The number of aromatic nitrogens is 3. The lowest BCUT2D eigenvalue weighted by molar-refractivity contribution is 0.251. The van der Waals surface area contributed by atoms with Crippen molar-refractivity contribution in [3.63, 3.8) is 0 Å². The molecule has 0 spiro atoms. The predicted molar refractivity (Wildman–Crippen MR) is 108 cm³/mol. The van der Waals surface area contributed by atoms with E-state index >= 15 is 0 Å². The zero-order valence-electron chi connectivity index (χ0n) is 15.2. The Morgan fingerprint density at radius 3 is 2.56 bits per heavy atom. The van der Waals surface area contributed by atoms with Gasteiger partial charge in [0.05, 0.1) is 10.4 Å². The van der Waals surface area contributed by atoms with Crippen molar-refractivity contribution in [3.05, 3.63) is 47.8 Å². The van der Waals surface area contributed by atoms with Crippen LogP contribution in [0.2, 0.25) is 5.02 Å². The molecule has 0 bridgehead atoms. The van der Waals surface area contributed by atoms with Gasteiger partial charge in [0.25, 0.3) is 0 Å². The zero-order chi connectivity index (χ0) is 19.5. The molecule has 9 heteroatoms. The summed E-state index contributed by atoms with van der Waals surface area (Å²) in [4.78, 5) is 0.195. The first-order valence-corrected chi connectivity index (χ1v) is 11.7. The van der Waals surface area contributed by atoms with Crippen molar-refractivity contribution < 1.29 is 8.42 Å². The third-order valence-electron chi connectivity index (χ3n) is 4.75. The molecule has 0 atom stereocenters. The van der Waals surface area contributed by atoms with Crippen molar-refractivity contribution in [2.45, 2.75) is 47.7 Å². The second kappa shape index (κ2) is 8.34. The lowest BCUT2D eigenvalue weighted by atomic mass is 9.82. The van der Waals surface area contributed by atoms with Crippen LogP contribution >= 0.6 is 23.4 Å². The quantitative estimate of drug-likeness (QED) is 0.537. The van der Waals surface area contributed by atoms with Crippen molar-refractivity contribution in [2.75, 3.05) is 5.75 Å². The number of halogens is 1. The smallest absolute Gasteiger partial charge is 0.241 e. The summed E-state index contributed by atoms with van der Waals surface area (Å²) in [6.45, 7) is 3.72. The Hall–Kier alpha value is -1.35. The number of thioether (sulfide) groups is 1. The van der Waals surface area contributed by atoms with Crippen LogP contribution in [-0.2, 0) is 22.6 Å². The molecule has 146 valence electrons. The molecule has 1 saturated carbocycles. The van der Waals surface area contributed by atoms with Crippen molar-refractivity contribution in [1.82, 2.24) is 19.5 Å². The molecule has 6 nitrogen and oxygen atoms in total. The first-order valence-electron chi connectivity index (χ1n) is 8.81. The molecule has 1 aliphatic carbocycles. The zero-order valence-corrected chi connectivity index (χ0v) is 17.6. The van der Waals surface area contributed by atoms with E-state index in [9.17, 15) is 8.42 Å². The molecule has 1 aliphatic rings. The van der Waals surface area contributed by atoms with Crippen LogP contribution in [0.3, 0.4) is 0 Å². The monoisotopic (exact) mass is 426 g/mol. The fourth-order valence-corrected chi connectivity index (χ4v) is 5.64. The third-order valence-corrected chi connectivity index (χ3v) is 7.57. The highest BCUT2D eigenvalue weighted by molar-refractivity contribution is 7.99. The summed E-state index contributed by atoms with van der Waals surface area (Å²) in [5.41, 5.74) is -0.758.